The lowest BCUT2D eigenvalue weighted by Crippen LogP contribution is -2.36. The minimum atomic E-state index is -0.910. The highest BCUT2D eigenvalue weighted by Gasteiger charge is 2.26. The van der Waals surface area contributed by atoms with Gasteiger partial charge in [0.05, 0.1) is 30.6 Å². The second-order valence-corrected chi connectivity index (χ2v) is 4.90. The first kappa shape index (κ1) is 12.3. The first-order chi connectivity index (χ1) is 9.24. The van der Waals surface area contributed by atoms with Gasteiger partial charge in [-0.15, -0.1) is 0 Å². The maximum atomic E-state index is 11.1. The summed E-state index contributed by atoms with van der Waals surface area (Å²) in [7, 11) is 0. The van der Waals surface area contributed by atoms with Crippen molar-refractivity contribution < 1.29 is 19.4 Å². The molecule has 1 N–H and O–H groups in total. The predicted octanol–water partition coefficient (Wildman–Crippen LogP) is 1.76. The molecule has 0 amide bonds. The molecule has 0 radical (unpaired) electrons. The van der Waals surface area contributed by atoms with E-state index in [-0.39, 0.29) is 0 Å². The second-order valence-electron chi connectivity index (χ2n) is 4.90. The largest absolute Gasteiger partial charge is 0.488 e. The zero-order valence-corrected chi connectivity index (χ0v) is 10.7. The van der Waals surface area contributed by atoms with Gasteiger partial charge in [0, 0.05) is 13.1 Å². The van der Waals surface area contributed by atoms with E-state index in [1.165, 1.54) is 0 Å². The fourth-order valence-electron chi connectivity index (χ4n) is 2.17. The van der Waals surface area contributed by atoms with Gasteiger partial charge in [-0.25, -0.2) is 4.79 Å². The molecule has 3 rings (SSSR count). The van der Waals surface area contributed by atoms with E-state index < -0.39 is 5.97 Å². The molecule has 1 saturated carbocycles. The van der Waals surface area contributed by atoms with E-state index >= 15 is 0 Å². The van der Waals surface area contributed by atoms with Crippen LogP contribution in [0.2, 0.25) is 0 Å². The maximum absolute atomic E-state index is 11.1. The molecule has 0 aromatic heterocycles. The molecule has 1 aliphatic heterocycles. The van der Waals surface area contributed by atoms with Crippen molar-refractivity contribution in [2.75, 3.05) is 31.2 Å². The number of benzene rings is 1. The Balaban J connectivity index is 1.90. The monoisotopic (exact) mass is 263 g/mol. The standard InChI is InChI=1S/C14H17NO4/c16-14(17)10-1-4-13(19-11-2-3-11)12(9-10)15-5-7-18-8-6-15/h1,4,9,11H,2-3,5-8H2,(H,16,17). The molecule has 0 spiro atoms. The van der Waals surface area contributed by atoms with Crippen LogP contribution in [-0.4, -0.2) is 43.5 Å². The maximum Gasteiger partial charge on any atom is 0.335 e. The van der Waals surface area contributed by atoms with Crippen LogP contribution in [0.15, 0.2) is 18.2 Å². The van der Waals surface area contributed by atoms with Crippen molar-refractivity contribution in [1.29, 1.82) is 0 Å². The number of carboxylic acid groups (broad SMARTS) is 1. The first-order valence-corrected chi connectivity index (χ1v) is 6.61. The number of aromatic carboxylic acids is 1. The summed E-state index contributed by atoms with van der Waals surface area (Å²) in [5, 5.41) is 9.11. The van der Waals surface area contributed by atoms with Gasteiger partial charge in [0.1, 0.15) is 5.75 Å². The number of anilines is 1. The van der Waals surface area contributed by atoms with E-state index in [4.69, 9.17) is 14.6 Å². The highest BCUT2D eigenvalue weighted by Crippen LogP contribution is 2.35. The van der Waals surface area contributed by atoms with Crippen molar-refractivity contribution in [3.8, 4) is 5.75 Å². The molecule has 2 aliphatic rings. The SMILES string of the molecule is O=C(O)c1ccc(OC2CC2)c(N2CCOCC2)c1. The minimum absolute atomic E-state index is 0.296. The summed E-state index contributed by atoms with van der Waals surface area (Å²) in [4.78, 5) is 13.2. The van der Waals surface area contributed by atoms with Crippen LogP contribution in [0.25, 0.3) is 0 Å². The van der Waals surface area contributed by atoms with Crippen molar-refractivity contribution in [2.24, 2.45) is 0 Å². The molecule has 1 aromatic rings. The summed E-state index contributed by atoms with van der Waals surface area (Å²) in [6.07, 6.45) is 2.47. The number of morpholine rings is 1. The third kappa shape index (κ3) is 2.81. The summed E-state index contributed by atoms with van der Waals surface area (Å²) in [5.41, 5.74) is 1.17. The van der Waals surface area contributed by atoms with Gasteiger partial charge in [-0.3, -0.25) is 0 Å². The molecule has 102 valence electrons. The molecule has 1 saturated heterocycles. The fourth-order valence-corrected chi connectivity index (χ4v) is 2.17. The Morgan fingerprint density at radius 3 is 2.68 bits per heavy atom. The van der Waals surface area contributed by atoms with E-state index in [9.17, 15) is 4.79 Å². The van der Waals surface area contributed by atoms with Gasteiger partial charge < -0.3 is 19.5 Å². The zero-order valence-electron chi connectivity index (χ0n) is 10.7. The number of hydrogen-bond donors (Lipinski definition) is 1. The average Bonchev–Trinajstić information content (AvgIpc) is 3.24. The molecule has 1 aliphatic carbocycles. The Morgan fingerprint density at radius 2 is 2.05 bits per heavy atom. The highest BCUT2D eigenvalue weighted by molar-refractivity contribution is 5.89. The average molecular weight is 263 g/mol. The third-order valence-corrected chi connectivity index (χ3v) is 3.38. The van der Waals surface area contributed by atoms with Gasteiger partial charge in [0.25, 0.3) is 0 Å². The Kier molecular flexibility index (Phi) is 3.29. The van der Waals surface area contributed by atoms with E-state index in [0.29, 0.717) is 24.9 Å². The Hall–Kier alpha value is -1.75. The van der Waals surface area contributed by atoms with Gasteiger partial charge >= 0.3 is 5.97 Å². The predicted molar refractivity (Wildman–Crippen MR) is 70.1 cm³/mol. The Morgan fingerprint density at radius 1 is 1.32 bits per heavy atom. The van der Waals surface area contributed by atoms with Crippen molar-refractivity contribution >= 4 is 11.7 Å². The lowest BCUT2D eigenvalue weighted by Gasteiger charge is -2.30. The molecule has 19 heavy (non-hydrogen) atoms. The number of rotatable bonds is 4. The van der Waals surface area contributed by atoms with Crippen LogP contribution < -0.4 is 9.64 Å². The number of carbonyl (C=O) groups is 1. The summed E-state index contributed by atoms with van der Waals surface area (Å²) in [6, 6.07) is 5.07. The normalized spacial score (nSPS) is 19.3. The summed E-state index contributed by atoms with van der Waals surface area (Å²) < 4.78 is 11.2. The van der Waals surface area contributed by atoms with E-state index in [0.717, 1.165) is 37.4 Å². The number of carboxylic acids is 1. The Labute approximate surface area is 111 Å². The molecule has 1 aromatic carbocycles. The van der Waals surface area contributed by atoms with Gasteiger partial charge in [-0.1, -0.05) is 0 Å². The van der Waals surface area contributed by atoms with Crippen molar-refractivity contribution in [3.05, 3.63) is 23.8 Å². The highest BCUT2D eigenvalue weighted by atomic mass is 16.5. The second kappa shape index (κ2) is 5.09. The molecule has 5 nitrogen and oxygen atoms in total. The molecular weight excluding hydrogens is 246 g/mol. The molecule has 0 atom stereocenters. The summed E-state index contributed by atoms with van der Waals surface area (Å²) in [5.74, 6) is -0.123. The van der Waals surface area contributed by atoms with Crippen molar-refractivity contribution in [2.45, 2.75) is 18.9 Å². The lowest BCUT2D eigenvalue weighted by atomic mass is 10.1. The topological polar surface area (TPSA) is 59.0 Å². The van der Waals surface area contributed by atoms with Crippen LogP contribution in [0, 0.1) is 0 Å². The third-order valence-electron chi connectivity index (χ3n) is 3.38. The lowest BCUT2D eigenvalue weighted by molar-refractivity contribution is 0.0697. The number of ether oxygens (including phenoxy) is 2. The molecular formula is C14H17NO4. The van der Waals surface area contributed by atoms with Crippen molar-refractivity contribution in [3.63, 3.8) is 0 Å². The zero-order chi connectivity index (χ0) is 13.2. The smallest absolute Gasteiger partial charge is 0.335 e. The molecule has 5 heteroatoms. The van der Waals surface area contributed by atoms with E-state index in [2.05, 4.69) is 4.90 Å². The van der Waals surface area contributed by atoms with Crippen LogP contribution in [-0.2, 0) is 4.74 Å². The van der Waals surface area contributed by atoms with E-state index in [1.54, 1.807) is 18.2 Å². The first-order valence-electron chi connectivity index (χ1n) is 6.61. The fraction of sp³-hybridized carbons (Fsp3) is 0.500. The number of nitrogens with zero attached hydrogens (tertiary/aromatic N) is 1. The van der Waals surface area contributed by atoms with Crippen LogP contribution in [0.4, 0.5) is 5.69 Å². The summed E-state index contributed by atoms with van der Waals surface area (Å²) >= 11 is 0. The molecule has 1 heterocycles. The van der Waals surface area contributed by atoms with Gasteiger partial charge in [0.15, 0.2) is 0 Å². The van der Waals surface area contributed by atoms with Crippen LogP contribution >= 0.6 is 0 Å². The minimum Gasteiger partial charge on any atom is -0.488 e. The van der Waals surface area contributed by atoms with Gasteiger partial charge in [-0.05, 0) is 31.0 Å². The summed E-state index contributed by atoms with van der Waals surface area (Å²) in [6.45, 7) is 2.87. The Bertz CT molecular complexity index is 478. The molecule has 2 fully saturated rings. The van der Waals surface area contributed by atoms with Gasteiger partial charge in [0.2, 0.25) is 0 Å². The van der Waals surface area contributed by atoms with Crippen LogP contribution in [0.3, 0.4) is 0 Å². The van der Waals surface area contributed by atoms with Crippen LogP contribution in [0.1, 0.15) is 23.2 Å². The quantitative estimate of drug-likeness (QED) is 0.897. The van der Waals surface area contributed by atoms with E-state index in [1.807, 2.05) is 0 Å². The van der Waals surface area contributed by atoms with Gasteiger partial charge in [-0.2, -0.15) is 0 Å². The number of hydrogen-bond acceptors (Lipinski definition) is 4. The molecule has 0 bridgehead atoms. The van der Waals surface area contributed by atoms with Crippen molar-refractivity contribution in [1.82, 2.24) is 0 Å². The van der Waals surface area contributed by atoms with Crippen LogP contribution in [0.5, 0.6) is 5.75 Å². The molecule has 0 unspecified atom stereocenters.